The van der Waals surface area contributed by atoms with Crippen LogP contribution in [0.3, 0.4) is 0 Å². The maximum atomic E-state index is 14.0. The number of hydrogen-bond donors (Lipinski definition) is 1. The molecule has 6 saturated carbocycles. The van der Waals surface area contributed by atoms with Gasteiger partial charge in [-0.05, 0) is 119 Å². The summed E-state index contributed by atoms with van der Waals surface area (Å²) in [5.41, 5.74) is -2.86. The average Bonchev–Trinajstić information content (AvgIpc) is 3.11. The molecule has 7 fully saturated rings. The summed E-state index contributed by atoms with van der Waals surface area (Å²) in [7, 11) is -6.15. The van der Waals surface area contributed by atoms with Crippen molar-refractivity contribution >= 4 is 34.0 Å². The van der Waals surface area contributed by atoms with Gasteiger partial charge in [0.25, 0.3) is 0 Å². The summed E-state index contributed by atoms with van der Waals surface area (Å²) in [5, 5.41) is -5.30. The Balaban J connectivity index is 1.03. The Kier molecular flexibility index (Phi) is 11.5. The zero-order valence-corrected chi connectivity index (χ0v) is 33.0. The second-order valence-corrected chi connectivity index (χ2v) is 20.7. The number of ether oxygens (including phenoxy) is 5. The first-order valence-electron chi connectivity index (χ1n) is 20.6. The number of carbonyl (C=O) groups excluding carboxylic acids is 4. The fourth-order valence-electron chi connectivity index (χ4n) is 12.4. The smallest absolute Gasteiger partial charge is 0.465 e. The summed E-state index contributed by atoms with van der Waals surface area (Å²) >= 11 is 0. The Morgan fingerprint density at radius 3 is 1.91 bits per heavy atom. The highest BCUT2D eigenvalue weighted by Gasteiger charge is 2.59. The lowest BCUT2D eigenvalue weighted by Gasteiger charge is -2.50. The van der Waals surface area contributed by atoms with Crippen molar-refractivity contribution in [3.8, 4) is 0 Å². The van der Waals surface area contributed by atoms with Crippen molar-refractivity contribution < 1.29 is 64.6 Å². The molecule has 0 spiro atoms. The van der Waals surface area contributed by atoms with Gasteiger partial charge in [-0.2, -0.15) is 17.2 Å². The van der Waals surface area contributed by atoms with Crippen LogP contribution < -0.4 is 0 Å². The van der Waals surface area contributed by atoms with Crippen LogP contribution >= 0.6 is 0 Å². The first-order valence-corrected chi connectivity index (χ1v) is 22.0. The van der Waals surface area contributed by atoms with Gasteiger partial charge in [0.05, 0.1) is 35.4 Å². The Labute approximate surface area is 322 Å². The minimum Gasteiger partial charge on any atom is -0.465 e. The summed E-state index contributed by atoms with van der Waals surface area (Å²) in [6.07, 6.45) is 12.3. The molecule has 0 radical (unpaired) electrons. The molecule has 7 rings (SSSR count). The van der Waals surface area contributed by atoms with Crippen molar-refractivity contribution in [2.75, 3.05) is 26.4 Å². The zero-order chi connectivity index (χ0) is 39.4. The van der Waals surface area contributed by atoms with Gasteiger partial charge in [0.15, 0.2) is 6.29 Å². The van der Waals surface area contributed by atoms with E-state index in [2.05, 4.69) is 18.6 Å². The van der Waals surface area contributed by atoms with Crippen molar-refractivity contribution in [3.63, 3.8) is 0 Å². The standard InChI is InChI=1S/C40H58F2O12S/c1-24-9-28-12-29(10-24)15-30(14-28)32(43)50-20-37(23-53-34(44)38-7-3-5-26(17-38)11-25(2)16-38)21-51-33(52-22-37)31-13-27-6-4-8-39(18-27,19-31)35(45)54-36(46)40(41,42)55(47,48)49/h24-31,33H,3-23H2,1-2H3,(H,47,48,49). The fraction of sp³-hybridized carbons (Fsp3) is 0.900. The van der Waals surface area contributed by atoms with Gasteiger partial charge in [0.2, 0.25) is 0 Å². The molecule has 15 heteroatoms. The van der Waals surface area contributed by atoms with Crippen molar-refractivity contribution in [3.05, 3.63) is 0 Å². The monoisotopic (exact) mass is 800 g/mol. The number of hydrogen-bond acceptors (Lipinski definition) is 11. The maximum absolute atomic E-state index is 14.0. The molecule has 8 unspecified atom stereocenters. The number of alkyl halides is 2. The largest absolute Gasteiger partial charge is 0.466 e. The van der Waals surface area contributed by atoms with Crippen molar-refractivity contribution in [2.24, 2.45) is 63.6 Å². The van der Waals surface area contributed by atoms with Gasteiger partial charge in [0.1, 0.15) is 13.2 Å². The average molecular weight is 801 g/mol. The van der Waals surface area contributed by atoms with E-state index in [1.807, 2.05) is 0 Å². The summed E-state index contributed by atoms with van der Waals surface area (Å²) < 4.78 is 88.6. The van der Waals surface area contributed by atoms with Crippen LogP contribution in [0.1, 0.15) is 123 Å². The molecule has 1 aliphatic heterocycles. The predicted molar refractivity (Wildman–Crippen MR) is 190 cm³/mol. The van der Waals surface area contributed by atoms with Crippen LogP contribution in [0.5, 0.6) is 0 Å². The summed E-state index contributed by atoms with van der Waals surface area (Å²) in [6, 6.07) is 0. The molecule has 55 heavy (non-hydrogen) atoms. The number of fused-ring (bicyclic) bond motifs is 6. The minimum absolute atomic E-state index is 0.0348. The Morgan fingerprint density at radius 1 is 0.727 bits per heavy atom. The second-order valence-electron chi connectivity index (χ2n) is 19.3. The van der Waals surface area contributed by atoms with Gasteiger partial charge < -0.3 is 23.7 Å². The van der Waals surface area contributed by atoms with E-state index in [0.717, 1.165) is 77.0 Å². The van der Waals surface area contributed by atoms with Crippen LogP contribution in [0.2, 0.25) is 0 Å². The van der Waals surface area contributed by atoms with Crippen molar-refractivity contribution in [2.45, 2.75) is 135 Å². The van der Waals surface area contributed by atoms with E-state index in [1.54, 1.807) is 0 Å². The molecule has 0 amide bonds. The Hall–Kier alpha value is -2.23. The zero-order valence-electron chi connectivity index (χ0n) is 32.1. The van der Waals surface area contributed by atoms with Crippen LogP contribution in [-0.4, -0.2) is 74.8 Å². The lowest BCUT2D eigenvalue weighted by molar-refractivity contribution is -0.274. The normalized spacial score (nSPS) is 41.7. The first kappa shape index (κ1) is 40.9. The summed E-state index contributed by atoms with van der Waals surface area (Å²) in [5.74, 6) is -2.37. The van der Waals surface area contributed by atoms with E-state index >= 15 is 0 Å². The van der Waals surface area contributed by atoms with E-state index in [0.29, 0.717) is 42.4 Å². The lowest BCUT2D eigenvalue weighted by Crippen LogP contribution is -2.54. The Bertz CT molecular complexity index is 1570. The second kappa shape index (κ2) is 15.5. The highest BCUT2D eigenvalue weighted by atomic mass is 32.2. The molecule has 0 aromatic heterocycles. The van der Waals surface area contributed by atoms with Crippen LogP contribution in [0.15, 0.2) is 0 Å². The molecule has 1 saturated heterocycles. The van der Waals surface area contributed by atoms with Gasteiger partial charge in [0, 0.05) is 5.92 Å². The quantitative estimate of drug-likeness (QED) is 0.108. The van der Waals surface area contributed by atoms with Gasteiger partial charge in [-0.1, -0.05) is 39.5 Å². The number of halogens is 2. The number of rotatable bonds is 10. The Morgan fingerprint density at radius 2 is 1.29 bits per heavy atom. The van der Waals surface area contributed by atoms with Gasteiger partial charge in [-0.15, -0.1) is 0 Å². The molecule has 6 aliphatic carbocycles. The molecular formula is C40H58F2O12S. The molecule has 6 bridgehead atoms. The first-order chi connectivity index (χ1) is 25.9. The molecule has 310 valence electrons. The third-order valence-corrected chi connectivity index (χ3v) is 15.3. The highest BCUT2D eigenvalue weighted by molar-refractivity contribution is 7.87. The summed E-state index contributed by atoms with van der Waals surface area (Å²) in [4.78, 5) is 53.0. The van der Waals surface area contributed by atoms with Crippen LogP contribution in [0.4, 0.5) is 8.78 Å². The van der Waals surface area contributed by atoms with E-state index in [1.165, 1.54) is 0 Å². The molecule has 7 aliphatic rings. The van der Waals surface area contributed by atoms with E-state index in [9.17, 15) is 36.4 Å². The molecule has 12 nitrogen and oxygen atoms in total. The van der Waals surface area contributed by atoms with E-state index in [-0.39, 0.29) is 69.5 Å². The van der Waals surface area contributed by atoms with Crippen LogP contribution in [0.25, 0.3) is 0 Å². The topological polar surface area (TPSA) is 169 Å². The van der Waals surface area contributed by atoms with Gasteiger partial charge >= 0.3 is 39.2 Å². The molecule has 1 heterocycles. The molecule has 0 aromatic carbocycles. The maximum Gasteiger partial charge on any atom is 0.466 e. The minimum atomic E-state index is -6.15. The van der Waals surface area contributed by atoms with Crippen molar-refractivity contribution in [1.29, 1.82) is 0 Å². The summed E-state index contributed by atoms with van der Waals surface area (Å²) in [6.45, 7) is 4.42. The SMILES string of the molecule is CC1CC2CC(C1)CC(C(=O)OCC1(COC(=O)C34CCCC(CC(C)C3)C4)COC(C3CC4CCCC(C(=O)OC(=O)C(F)(F)S(=O)(=O)O)(C4)C3)OC1)C2. The lowest BCUT2D eigenvalue weighted by atomic mass is 9.58. The van der Waals surface area contributed by atoms with Crippen LogP contribution in [-0.2, 0) is 53.0 Å². The highest BCUT2D eigenvalue weighted by Crippen LogP contribution is 2.55. The molecule has 1 N–H and O–H groups in total. The van der Waals surface area contributed by atoms with Crippen molar-refractivity contribution in [1.82, 2.24) is 0 Å². The van der Waals surface area contributed by atoms with Gasteiger partial charge in [-0.3, -0.25) is 18.9 Å². The number of carbonyl (C=O) groups is 4. The van der Waals surface area contributed by atoms with E-state index in [4.69, 9.17) is 23.5 Å². The molecule has 8 atom stereocenters. The number of esters is 4. The van der Waals surface area contributed by atoms with Crippen LogP contribution in [0, 0.1) is 63.6 Å². The molecular weight excluding hydrogens is 742 g/mol. The molecule has 0 aromatic rings. The predicted octanol–water partition coefficient (Wildman–Crippen LogP) is 6.64. The van der Waals surface area contributed by atoms with Gasteiger partial charge in [-0.25, -0.2) is 4.79 Å². The third-order valence-electron chi connectivity index (χ3n) is 14.5. The fourth-order valence-corrected chi connectivity index (χ4v) is 12.6. The van der Waals surface area contributed by atoms with E-state index < -0.39 is 55.8 Å². The third kappa shape index (κ3) is 8.51.